The van der Waals surface area contributed by atoms with Crippen LogP contribution >= 0.6 is 0 Å². The van der Waals surface area contributed by atoms with E-state index in [4.69, 9.17) is 4.52 Å². The van der Waals surface area contributed by atoms with Crippen LogP contribution in [-0.4, -0.2) is 24.5 Å². The van der Waals surface area contributed by atoms with Crippen molar-refractivity contribution in [2.24, 2.45) is 0 Å². The maximum Gasteiger partial charge on any atom is 0.261 e. The van der Waals surface area contributed by atoms with E-state index in [-0.39, 0.29) is 21.9 Å². The Morgan fingerprint density at radius 1 is 0.886 bits per heavy atom. The Hall–Kier alpha value is -4.05. The molecule has 0 saturated heterocycles. The highest BCUT2D eigenvalue weighted by atomic mass is 32.2. The zero-order valence-corrected chi connectivity index (χ0v) is 20.1. The number of carbonyl (C=O) groups excluding carboxylic acids is 1. The molecule has 1 aromatic heterocycles. The summed E-state index contributed by atoms with van der Waals surface area (Å²) in [5, 5.41) is 6.80. The number of nitrogens with one attached hydrogen (secondary N) is 2. The molecule has 8 nitrogen and oxygen atoms in total. The van der Waals surface area contributed by atoms with E-state index in [9.17, 15) is 17.6 Å². The average molecular weight is 495 g/mol. The predicted octanol–water partition coefficient (Wildman–Crippen LogP) is 5.23. The molecule has 0 aliphatic heterocycles. The molecule has 180 valence electrons. The number of benzene rings is 3. The molecule has 0 atom stereocenters. The highest BCUT2D eigenvalue weighted by molar-refractivity contribution is 7.92. The van der Waals surface area contributed by atoms with Gasteiger partial charge in [0.05, 0.1) is 4.90 Å². The standard InChI is InChI=1S/C25H23FN4O4S/c1-25(2,3)24-28-22(29-34-24)16-4-10-19(11-5-16)27-23(31)17-6-12-20(13-7-17)30-35(32,33)21-14-8-18(26)9-15-21/h4-15,30H,1-3H3,(H,27,31). The predicted molar refractivity (Wildman–Crippen MR) is 130 cm³/mol. The lowest BCUT2D eigenvalue weighted by atomic mass is 9.97. The lowest BCUT2D eigenvalue weighted by Gasteiger charge is -2.10. The van der Waals surface area contributed by atoms with Gasteiger partial charge in [-0.25, -0.2) is 12.8 Å². The second-order valence-electron chi connectivity index (χ2n) is 8.84. The molecular weight excluding hydrogens is 471 g/mol. The third-order valence-corrected chi connectivity index (χ3v) is 6.39. The van der Waals surface area contributed by atoms with Crippen LogP contribution in [0.1, 0.15) is 37.0 Å². The van der Waals surface area contributed by atoms with E-state index in [0.717, 1.165) is 17.7 Å². The van der Waals surface area contributed by atoms with E-state index in [1.165, 1.54) is 36.4 Å². The third kappa shape index (κ3) is 5.72. The van der Waals surface area contributed by atoms with Crippen molar-refractivity contribution < 1.29 is 22.1 Å². The Bertz CT molecular complexity index is 1440. The lowest BCUT2D eigenvalue weighted by Crippen LogP contribution is -2.14. The number of anilines is 2. The van der Waals surface area contributed by atoms with E-state index in [1.54, 1.807) is 24.3 Å². The molecule has 0 radical (unpaired) electrons. The number of carbonyl (C=O) groups is 1. The number of hydrogen-bond acceptors (Lipinski definition) is 6. The largest absolute Gasteiger partial charge is 0.338 e. The molecule has 1 amide bonds. The van der Waals surface area contributed by atoms with E-state index in [1.807, 2.05) is 20.8 Å². The Kier molecular flexibility index (Phi) is 6.40. The van der Waals surface area contributed by atoms with E-state index < -0.39 is 15.8 Å². The van der Waals surface area contributed by atoms with Crippen LogP contribution in [0.3, 0.4) is 0 Å². The fourth-order valence-corrected chi connectivity index (χ4v) is 4.13. The minimum Gasteiger partial charge on any atom is -0.338 e. The molecule has 1 heterocycles. The number of halogens is 1. The monoisotopic (exact) mass is 494 g/mol. The van der Waals surface area contributed by atoms with Gasteiger partial charge >= 0.3 is 0 Å². The van der Waals surface area contributed by atoms with Crippen LogP contribution in [0.2, 0.25) is 0 Å². The zero-order chi connectivity index (χ0) is 25.2. The van der Waals surface area contributed by atoms with Crippen molar-refractivity contribution in [1.82, 2.24) is 10.1 Å². The van der Waals surface area contributed by atoms with Crippen molar-refractivity contribution >= 4 is 27.3 Å². The van der Waals surface area contributed by atoms with Crippen LogP contribution in [0.15, 0.2) is 82.2 Å². The molecule has 0 bridgehead atoms. The molecular formula is C25H23FN4O4S. The number of rotatable bonds is 6. The van der Waals surface area contributed by atoms with Crippen LogP contribution < -0.4 is 10.0 Å². The molecule has 0 unspecified atom stereocenters. The highest BCUT2D eigenvalue weighted by Crippen LogP contribution is 2.25. The molecule has 10 heteroatoms. The summed E-state index contributed by atoms with van der Waals surface area (Å²) in [4.78, 5) is 17.0. The van der Waals surface area contributed by atoms with Gasteiger partial charge in [0.15, 0.2) is 0 Å². The van der Waals surface area contributed by atoms with Crippen molar-refractivity contribution in [3.05, 3.63) is 90.1 Å². The van der Waals surface area contributed by atoms with Crippen molar-refractivity contribution in [3.8, 4) is 11.4 Å². The minimum absolute atomic E-state index is 0.0698. The van der Waals surface area contributed by atoms with Crippen molar-refractivity contribution in [2.75, 3.05) is 10.0 Å². The van der Waals surface area contributed by atoms with Crippen molar-refractivity contribution in [3.63, 3.8) is 0 Å². The van der Waals surface area contributed by atoms with E-state index >= 15 is 0 Å². The van der Waals surface area contributed by atoms with Gasteiger partial charge in [-0.05, 0) is 72.8 Å². The summed E-state index contributed by atoms with van der Waals surface area (Å²) in [7, 11) is -3.88. The summed E-state index contributed by atoms with van der Waals surface area (Å²) in [6.45, 7) is 5.95. The van der Waals surface area contributed by atoms with Gasteiger partial charge in [-0.3, -0.25) is 9.52 Å². The maximum atomic E-state index is 13.1. The Morgan fingerprint density at radius 3 is 2.06 bits per heavy atom. The normalized spacial score (nSPS) is 11.8. The van der Waals surface area contributed by atoms with Gasteiger partial charge in [0, 0.05) is 27.9 Å². The van der Waals surface area contributed by atoms with Crippen LogP contribution in [-0.2, 0) is 15.4 Å². The summed E-state index contributed by atoms with van der Waals surface area (Å²) in [6.07, 6.45) is 0. The third-order valence-electron chi connectivity index (χ3n) is 4.99. The first-order valence-corrected chi connectivity index (χ1v) is 12.1. The molecule has 2 N–H and O–H groups in total. The molecule has 0 aliphatic carbocycles. The summed E-state index contributed by atoms with van der Waals surface area (Å²) >= 11 is 0. The smallest absolute Gasteiger partial charge is 0.261 e. The Morgan fingerprint density at radius 2 is 1.49 bits per heavy atom. The number of hydrogen-bond donors (Lipinski definition) is 2. The molecule has 3 aromatic carbocycles. The maximum absolute atomic E-state index is 13.1. The Balaban J connectivity index is 1.40. The van der Waals surface area contributed by atoms with Crippen LogP contribution in [0.5, 0.6) is 0 Å². The van der Waals surface area contributed by atoms with Crippen LogP contribution in [0.4, 0.5) is 15.8 Å². The lowest BCUT2D eigenvalue weighted by molar-refractivity contribution is 0.102. The SMILES string of the molecule is CC(C)(C)c1nc(-c2ccc(NC(=O)c3ccc(NS(=O)(=O)c4ccc(F)cc4)cc3)cc2)no1. The van der Waals surface area contributed by atoms with Gasteiger partial charge in [0.25, 0.3) is 15.9 Å². The summed E-state index contributed by atoms with van der Waals surface area (Å²) in [6, 6.07) is 17.4. The topological polar surface area (TPSA) is 114 Å². The van der Waals surface area contributed by atoms with Gasteiger partial charge in [0.1, 0.15) is 5.82 Å². The molecule has 0 spiro atoms. The second-order valence-corrected chi connectivity index (χ2v) is 10.5. The van der Waals surface area contributed by atoms with Gasteiger partial charge in [-0.1, -0.05) is 25.9 Å². The Labute approximate surface area is 202 Å². The first-order chi connectivity index (χ1) is 16.5. The fraction of sp³-hybridized carbons (Fsp3) is 0.160. The molecule has 0 saturated carbocycles. The number of nitrogens with zero attached hydrogens (tertiary/aromatic N) is 2. The van der Waals surface area contributed by atoms with E-state index in [2.05, 4.69) is 20.2 Å². The summed E-state index contributed by atoms with van der Waals surface area (Å²) in [5.41, 5.74) is 1.67. The minimum atomic E-state index is -3.88. The molecule has 0 fully saturated rings. The molecule has 0 aliphatic rings. The molecule has 35 heavy (non-hydrogen) atoms. The first-order valence-electron chi connectivity index (χ1n) is 10.7. The number of aromatic nitrogens is 2. The van der Waals surface area contributed by atoms with Gasteiger partial charge < -0.3 is 9.84 Å². The highest BCUT2D eigenvalue weighted by Gasteiger charge is 2.22. The average Bonchev–Trinajstić information content (AvgIpc) is 3.31. The molecule has 4 aromatic rings. The summed E-state index contributed by atoms with van der Waals surface area (Å²) in [5.74, 6) is 0.110. The summed E-state index contributed by atoms with van der Waals surface area (Å²) < 4.78 is 45.6. The first kappa shape index (κ1) is 24.1. The fourth-order valence-electron chi connectivity index (χ4n) is 3.07. The second kappa shape index (κ2) is 9.30. The van der Waals surface area contributed by atoms with Gasteiger partial charge in [0.2, 0.25) is 11.7 Å². The van der Waals surface area contributed by atoms with Gasteiger partial charge in [-0.15, -0.1) is 0 Å². The van der Waals surface area contributed by atoms with Crippen LogP contribution in [0, 0.1) is 5.82 Å². The van der Waals surface area contributed by atoms with Gasteiger partial charge in [-0.2, -0.15) is 4.98 Å². The molecule has 4 rings (SSSR count). The quantitative estimate of drug-likeness (QED) is 0.380. The van der Waals surface area contributed by atoms with Crippen LogP contribution in [0.25, 0.3) is 11.4 Å². The number of amides is 1. The zero-order valence-electron chi connectivity index (χ0n) is 19.2. The number of sulfonamides is 1. The van der Waals surface area contributed by atoms with Crippen molar-refractivity contribution in [2.45, 2.75) is 31.1 Å². The van der Waals surface area contributed by atoms with E-state index in [0.29, 0.717) is 23.0 Å². The van der Waals surface area contributed by atoms with Crippen molar-refractivity contribution in [1.29, 1.82) is 0 Å².